The Morgan fingerprint density at radius 2 is 1.00 bits per heavy atom. The van der Waals surface area contributed by atoms with Crippen molar-refractivity contribution >= 4 is 47.9 Å². The van der Waals surface area contributed by atoms with E-state index < -0.39 is 0 Å². The zero-order chi connectivity index (χ0) is 24.2. The molecular weight excluding hydrogens is 471 g/mol. The molecule has 6 nitrogen and oxygen atoms in total. The Kier molecular flexibility index (Phi) is 6.72. The third-order valence-electron chi connectivity index (χ3n) is 5.11. The first-order chi connectivity index (χ1) is 16.5. The molecular formula is C26H16Cl2N4O2. The molecule has 0 unspecified atom stereocenters. The Morgan fingerprint density at radius 3 is 1.35 bits per heavy atom. The van der Waals surface area contributed by atoms with Crippen LogP contribution >= 0.6 is 23.2 Å². The van der Waals surface area contributed by atoms with Gasteiger partial charge in [-0.15, -0.1) is 0 Å². The standard InChI is InChI=1S/C26H16Cl2N4O2/c1-3-19-23(13-33)29-11-21(31-19)17-9-5-7-15(25(17)27)16-8-6-10-18(26(16)28)22-12-30-24(14-34)20(4-2)32-22/h3-14H,1-2H2. The van der Waals surface area contributed by atoms with E-state index in [0.29, 0.717) is 67.6 Å². The molecule has 2 aromatic heterocycles. The highest BCUT2D eigenvalue weighted by Gasteiger charge is 2.18. The van der Waals surface area contributed by atoms with Crippen LogP contribution in [0.15, 0.2) is 61.9 Å². The summed E-state index contributed by atoms with van der Waals surface area (Å²) in [7, 11) is 0. The average molecular weight is 487 g/mol. The van der Waals surface area contributed by atoms with Gasteiger partial charge in [0.05, 0.1) is 45.2 Å². The van der Waals surface area contributed by atoms with Crippen molar-refractivity contribution in [2.45, 2.75) is 0 Å². The fraction of sp³-hybridized carbons (Fsp3) is 0. The van der Waals surface area contributed by atoms with Gasteiger partial charge in [0.25, 0.3) is 0 Å². The quantitative estimate of drug-likeness (QED) is 0.277. The highest BCUT2D eigenvalue weighted by atomic mass is 35.5. The Bertz CT molecular complexity index is 1360. The van der Waals surface area contributed by atoms with Crippen LogP contribution in [0.4, 0.5) is 0 Å². The maximum Gasteiger partial charge on any atom is 0.170 e. The van der Waals surface area contributed by atoms with Crippen molar-refractivity contribution in [1.29, 1.82) is 0 Å². The average Bonchev–Trinajstić information content (AvgIpc) is 2.88. The van der Waals surface area contributed by atoms with Gasteiger partial charge in [0, 0.05) is 22.3 Å². The molecule has 34 heavy (non-hydrogen) atoms. The zero-order valence-corrected chi connectivity index (χ0v) is 19.2. The highest BCUT2D eigenvalue weighted by molar-refractivity contribution is 6.39. The van der Waals surface area contributed by atoms with Crippen LogP contribution in [-0.4, -0.2) is 32.5 Å². The molecule has 0 radical (unpaired) electrons. The van der Waals surface area contributed by atoms with Crippen LogP contribution in [0.3, 0.4) is 0 Å². The summed E-state index contributed by atoms with van der Waals surface area (Å²) in [4.78, 5) is 39.6. The lowest BCUT2D eigenvalue weighted by atomic mass is 9.98. The van der Waals surface area contributed by atoms with E-state index in [4.69, 9.17) is 23.2 Å². The van der Waals surface area contributed by atoms with Crippen molar-refractivity contribution in [2.75, 3.05) is 0 Å². The number of carbonyl (C=O) groups is 2. The number of hydrogen-bond donors (Lipinski definition) is 0. The predicted molar refractivity (Wildman–Crippen MR) is 135 cm³/mol. The third kappa shape index (κ3) is 4.17. The molecule has 0 amide bonds. The number of benzene rings is 2. The van der Waals surface area contributed by atoms with Crippen molar-refractivity contribution in [3.63, 3.8) is 0 Å². The Labute approximate surface area is 205 Å². The Balaban J connectivity index is 1.85. The maximum absolute atomic E-state index is 11.2. The minimum Gasteiger partial charge on any atom is -0.296 e. The molecule has 0 bridgehead atoms. The third-order valence-corrected chi connectivity index (χ3v) is 5.92. The van der Waals surface area contributed by atoms with Crippen LogP contribution in [0.1, 0.15) is 32.4 Å². The smallest absolute Gasteiger partial charge is 0.170 e. The van der Waals surface area contributed by atoms with Crippen LogP contribution < -0.4 is 0 Å². The van der Waals surface area contributed by atoms with Gasteiger partial charge in [-0.2, -0.15) is 0 Å². The van der Waals surface area contributed by atoms with Gasteiger partial charge in [-0.25, -0.2) is 19.9 Å². The van der Waals surface area contributed by atoms with E-state index in [2.05, 4.69) is 33.1 Å². The summed E-state index contributed by atoms with van der Waals surface area (Å²) in [6.07, 6.45) is 7.15. The molecule has 0 N–H and O–H groups in total. The zero-order valence-electron chi connectivity index (χ0n) is 17.7. The number of halogens is 2. The molecule has 0 fully saturated rings. The number of carbonyl (C=O) groups excluding carboxylic acids is 2. The van der Waals surface area contributed by atoms with Gasteiger partial charge in [-0.1, -0.05) is 72.8 Å². The van der Waals surface area contributed by atoms with E-state index in [9.17, 15) is 9.59 Å². The molecule has 0 atom stereocenters. The molecule has 8 heteroatoms. The second-order valence-corrected chi connectivity index (χ2v) is 7.79. The largest absolute Gasteiger partial charge is 0.296 e. The van der Waals surface area contributed by atoms with Crippen molar-refractivity contribution in [3.8, 4) is 33.6 Å². The number of aromatic nitrogens is 4. The van der Waals surface area contributed by atoms with E-state index in [-0.39, 0.29) is 11.4 Å². The molecule has 0 spiro atoms. The fourth-order valence-corrected chi connectivity index (χ4v) is 4.09. The summed E-state index contributed by atoms with van der Waals surface area (Å²) in [6.45, 7) is 7.37. The Hall–Kier alpha value is -4.00. The van der Waals surface area contributed by atoms with Gasteiger partial charge in [-0.05, 0) is 12.2 Å². The van der Waals surface area contributed by atoms with E-state index in [1.54, 1.807) is 12.1 Å². The van der Waals surface area contributed by atoms with Gasteiger partial charge in [0.1, 0.15) is 11.4 Å². The van der Waals surface area contributed by atoms with Crippen molar-refractivity contribution in [1.82, 2.24) is 19.9 Å². The number of rotatable bonds is 7. The van der Waals surface area contributed by atoms with Gasteiger partial charge < -0.3 is 0 Å². The second kappa shape index (κ2) is 9.87. The first kappa shape index (κ1) is 23.2. The summed E-state index contributed by atoms with van der Waals surface area (Å²) >= 11 is 13.6. The first-order valence-electron chi connectivity index (χ1n) is 9.99. The summed E-state index contributed by atoms with van der Waals surface area (Å²) < 4.78 is 0. The topological polar surface area (TPSA) is 85.7 Å². The van der Waals surface area contributed by atoms with Crippen LogP contribution in [0, 0.1) is 0 Å². The number of hydrogen-bond acceptors (Lipinski definition) is 6. The molecule has 0 aliphatic carbocycles. The molecule has 166 valence electrons. The van der Waals surface area contributed by atoms with Crippen LogP contribution in [-0.2, 0) is 0 Å². The normalized spacial score (nSPS) is 10.5. The highest BCUT2D eigenvalue weighted by Crippen LogP contribution is 2.41. The van der Waals surface area contributed by atoms with E-state index in [1.807, 2.05) is 24.3 Å². The van der Waals surface area contributed by atoms with Gasteiger partial charge in [0.2, 0.25) is 0 Å². The molecule has 0 saturated carbocycles. The molecule has 4 rings (SSSR count). The SMILES string of the molecule is C=Cc1nc(-c2cccc(-c3cccc(-c4cnc(C=O)c(C=C)n4)c3Cl)c2Cl)cnc1C=O. The van der Waals surface area contributed by atoms with Gasteiger partial charge >= 0.3 is 0 Å². The molecule has 4 aromatic rings. The summed E-state index contributed by atoms with van der Waals surface area (Å²) in [6, 6.07) is 11.0. The van der Waals surface area contributed by atoms with E-state index in [1.165, 1.54) is 24.5 Å². The van der Waals surface area contributed by atoms with Crippen LogP contribution in [0.2, 0.25) is 10.0 Å². The maximum atomic E-state index is 11.2. The minimum absolute atomic E-state index is 0.197. The molecule has 2 heterocycles. The molecule has 0 saturated heterocycles. The monoisotopic (exact) mass is 486 g/mol. The van der Waals surface area contributed by atoms with Crippen molar-refractivity contribution in [3.05, 3.63) is 94.8 Å². The van der Waals surface area contributed by atoms with Crippen LogP contribution in [0.25, 0.3) is 45.8 Å². The summed E-state index contributed by atoms with van der Waals surface area (Å²) in [5, 5.41) is 0.831. The van der Waals surface area contributed by atoms with Gasteiger partial charge in [-0.3, -0.25) is 9.59 Å². The molecule has 0 aliphatic heterocycles. The van der Waals surface area contributed by atoms with E-state index >= 15 is 0 Å². The summed E-state index contributed by atoms with van der Waals surface area (Å²) in [5.74, 6) is 0. The lowest BCUT2D eigenvalue weighted by molar-refractivity contribution is 0.111. The van der Waals surface area contributed by atoms with Crippen molar-refractivity contribution in [2.24, 2.45) is 0 Å². The summed E-state index contributed by atoms with van der Waals surface area (Å²) in [5.41, 5.74) is 4.70. The lowest BCUT2D eigenvalue weighted by Crippen LogP contribution is -1.99. The first-order valence-corrected chi connectivity index (χ1v) is 10.7. The second-order valence-electron chi connectivity index (χ2n) is 7.03. The fourth-order valence-electron chi connectivity index (χ4n) is 3.44. The van der Waals surface area contributed by atoms with Crippen LogP contribution in [0.5, 0.6) is 0 Å². The van der Waals surface area contributed by atoms with Gasteiger partial charge in [0.15, 0.2) is 12.6 Å². The predicted octanol–water partition coefficient (Wildman–Crippen LogP) is 6.49. The molecule has 0 aliphatic rings. The van der Waals surface area contributed by atoms with Crippen molar-refractivity contribution < 1.29 is 9.59 Å². The van der Waals surface area contributed by atoms with E-state index in [0.717, 1.165) is 0 Å². The molecule has 2 aromatic carbocycles. The number of nitrogens with zero attached hydrogens (tertiary/aromatic N) is 4. The minimum atomic E-state index is 0.197. The lowest BCUT2D eigenvalue weighted by Gasteiger charge is -2.14. The Morgan fingerprint density at radius 1 is 0.618 bits per heavy atom. The number of aldehydes is 2.